The number of carbonyl (C=O) groups excluding carboxylic acids is 2. The van der Waals surface area contributed by atoms with Crippen molar-refractivity contribution in [1.82, 2.24) is 9.80 Å². The lowest BCUT2D eigenvalue weighted by Gasteiger charge is -2.30. The van der Waals surface area contributed by atoms with Crippen LogP contribution in [-0.4, -0.2) is 60.0 Å². The molecule has 1 aliphatic rings. The van der Waals surface area contributed by atoms with Gasteiger partial charge in [-0.3, -0.25) is 9.69 Å². The average Bonchev–Trinajstić information content (AvgIpc) is 3.06. The Kier molecular flexibility index (Phi) is 5.46. The Morgan fingerprint density at radius 1 is 1.43 bits per heavy atom. The number of hydrogen-bond acceptors (Lipinski definition) is 5. The van der Waals surface area contributed by atoms with Crippen molar-refractivity contribution in [3.8, 4) is 0 Å². The van der Waals surface area contributed by atoms with Gasteiger partial charge in [0, 0.05) is 19.1 Å². The molecule has 2 rings (SSSR count). The van der Waals surface area contributed by atoms with E-state index < -0.39 is 5.60 Å². The predicted octanol–water partition coefficient (Wildman–Crippen LogP) is 2.79. The molecular weight excluding hydrogens is 296 g/mol. The van der Waals surface area contributed by atoms with Gasteiger partial charge in [0.15, 0.2) is 5.76 Å². The second-order valence-electron chi connectivity index (χ2n) is 7.07. The SMILES string of the molecule is CN(CC(=O)c1ccco1)C[C@H]1CCCN1C(=O)OC(C)(C)C. The van der Waals surface area contributed by atoms with E-state index in [1.165, 1.54) is 6.26 Å². The zero-order valence-electron chi connectivity index (χ0n) is 14.4. The maximum Gasteiger partial charge on any atom is 0.410 e. The number of carbonyl (C=O) groups is 2. The number of ether oxygens (including phenoxy) is 1. The second kappa shape index (κ2) is 7.17. The molecule has 6 nitrogen and oxygen atoms in total. The molecule has 1 aliphatic heterocycles. The lowest BCUT2D eigenvalue weighted by atomic mass is 10.2. The Balaban J connectivity index is 1.88. The number of likely N-dealkylation sites (tertiary alicyclic amines) is 1. The molecule has 128 valence electrons. The van der Waals surface area contributed by atoms with E-state index in [9.17, 15) is 9.59 Å². The first kappa shape index (κ1) is 17.5. The molecule has 2 heterocycles. The van der Waals surface area contributed by atoms with Crippen LogP contribution >= 0.6 is 0 Å². The largest absolute Gasteiger partial charge is 0.461 e. The fourth-order valence-electron chi connectivity index (χ4n) is 2.77. The molecule has 0 aliphatic carbocycles. The van der Waals surface area contributed by atoms with E-state index in [1.54, 1.807) is 17.0 Å². The number of nitrogens with zero attached hydrogens (tertiary/aromatic N) is 2. The lowest BCUT2D eigenvalue weighted by molar-refractivity contribution is 0.0204. The third-order valence-corrected chi connectivity index (χ3v) is 3.74. The first-order valence-electron chi connectivity index (χ1n) is 8.01. The summed E-state index contributed by atoms with van der Waals surface area (Å²) < 4.78 is 10.6. The Bertz CT molecular complexity index is 533. The van der Waals surface area contributed by atoms with Crippen molar-refractivity contribution in [2.45, 2.75) is 45.3 Å². The number of rotatable bonds is 5. The molecule has 0 aromatic carbocycles. The van der Waals surface area contributed by atoms with Gasteiger partial charge in [0.25, 0.3) is 0 Å². The molecule has 0 bridgehead atoms. The Hall–Kier alpha value is -1.82. The molecule has 1 atom stereocenters. The highest BCUT2D eigenvalue weighted by molar-refractivity contribution is 5.94. The van der Waals surface area contributed by atoms with Crippen LogP contribution in [0.3, 0.4) is 0 Å². The van der Waals surface area contributed by atoms with Gasteiger partial charge in [-0.2, -0.15) is 0 Å². The van der Waals surface area contributed by atoms with E-state index in [-0.39, 0.29) is 24.5 Å². The van der Waals surface area contributed by atoms with Gasteiger partial charge in [-0.15, -0.1) is 0 Å². The summed E-state index contributed by atoms with van der Waals surface area (Å²) in [6.07, 6.45) is 3.11. The van der Waals surface area contributed by atoms with Crippen LogP contribution in [0.1, 0.15) is 44.2 Å². The van der Waals surface area contributed by atoms with Crippen LogP contribution in [0, 0.1) is 0 Å². The van der Waals surface area contributed by atoms with Crippen LogP contribution in [0.15, 0.2) is 22.8 Å². The molecule has 23 heavy (non-hydrogen) atoms. The minimum absolute atomic E-state index is 0.0562. The summed E-state index contributed by atoms with van der Waals surface area (Å²) in [5, 5.41) is 0. The molecule has 0 radical (unpaired) electrons. The summed E-state index contributed by atoms with van der Waals surface area (Å²) in [5.41, 5.74) is -0.495. The van der Waals surface area contributed by atoms with Gasteiger partial charge in [0.2, 0.25) is 5.78 Å². The van der Waals surface area contributed by atoms with Crippen LogP contribution in [-0.2, 0) is 4.74 Å². The zero-order valence-corrected chi connectivity index (χ0v) is 14.4. The number of ketones is 1. The standard InChI is InChI=1S/C17H26N2O4/c1-17(2,3)23-16(21)19-9-5-7-13(19)11-18(4)12-14(20)15-8-6-10-22-15/h6,8,10,13H,5,7,9,11-12H2,1-4H3/t13-/m1/s1. The van der Waals surface area contributed by atoms with Crippen molar-refractivity contribution < 1.29 is 18.7 Å². The third kappa shape index (κ3) is 5.10. The molecule has 1 saturated heterocycles. The van der Waals surface area contributed by atoms with Crippen molar-refractivity contribution in [3.63, 3.8) is 0 Å². The Labute approximate surface area is 137 Å². The maximum absolute atomic E-state index is 12.3. The topological polar surface area (TPSA) is 63.0 Å². The minimum Gasteiger partial charge on any atom is -0.461 e. The number of amides is 1. The van der Waals surface area contributed by atoms with Crippen LogP contribution < -0.4 is 0 Å². The summed E-state index contributed by atoms with van der Waals surface area (Å²) in [5.74, 6) is 0.312. The van der Waals surface area contributed by atoms with Gasteiger partial charge in [-0.05, 0) is 52.8 Å². The first-order valence-corrected chi connectivity index (χ1v) is 8.01. The van der Waals surface area contributed by atoms with E-state index >= 15 is 0 Å². The maximum atomic E-state index is 12.3. The highest BCUT2D eigenvalue weighted by Gasteiger charge is 2.33. The van der Waals surface area contributed by atoms with E-state index in [0.29, 0.717) is 18.8 Å². The van der Waals surface area contributed by atoms with Gasteiger partial charge in [0.1, 0.15) is 5.60 Å². The Morgan fingerprint density at radius 2 is 2.17 bits per heavy atom. The molecule has 0 saturated carbocycles. The summed E-state index contributed by atoms with van der Waals surface area (Å²) in [6.45, 7) is 7.22. The van der Waals surface area contributed by atoms with E-state index in [4.69, 9.17) is 9.15 Å². The number of Topliss-reactive ketones (excluding diaryl/α,β-unsaturated/α-hetero) is 1. The molecule has 6 heteroatoms. The lowest BCUT2D eigenvalue weighted by Crippen LogP contribution is -2.45. The average molecular weight is 322 g/mol. The second-order valence-corrected chi connectivity index (χ2v) is 7.07. The van der Waals surface area contributed by atoms with Crippen molar-refractivity contribution in [2.75, 3.05) is 26.7 Å². The first-order chi connectivity index (χ1) is 10.8. The number of likely N-dealkylation sites (N-methyl/N-ethyl adjacent to an activating group) is 1. The van der Waals surface area contributed by atoms with Gasteiger partial charge < -0.3 is 14.1 Å². The smallest absolute Gasteiger partial charge is 0.410 e. The Morgan fingerprint density at radius 3 is 2.78 bits per heavy atom. The highest BCUT2D eigenvalue weighted by atomic mass is 16.6. The monoisotopic (exact) mass is 322 g/mol. The van der Waals surface area contributed by atoms with Crippen LogP contribution in [0.2, 0.25) is 0 Å². The van der Waals surface area contributed by atoms with Crippen LogP contribution in [0.25, 0.3) is 0 Å². The normalized spacial score (nSPS) is 18.5. The quantitative estimate of drug-likeness (QED) is 0.780. The van der Waals surface area contributed by atoms with Gasteiger partial charge in [-0.1, -0.05) is 0 Å². The predicted molar refractivity (Wildman–Crippen MR) is 86.5 cm³/mol. The zero-order chi connectivity index (χ0) is 17.0. The summed E-state index contributed by atoms with van der Waals surface area (Å²) in [6, 6.07) is 3.45. The van der Waals surface area contributed by atoms with Gasteiger partial charge in [0.05, 0.1) is 12.8 Å². The number of hydrogen-bond donors (Lipinski definition) is 0. The number of furan rings is 1. The van der Waals surface area contributed by atoms with Gasteiger partial charge >= 0.3 is 6.09 Å². The molecular formula is C17H26N2O4. The molecule has 1 aromatic heterocycles. The van der Waals surface area contributed by atoms with Crippen LogP contribution in [0.4, 0.5) is 4.79 Å². The molecule has 1 fully saturated rings. The van der Waals surface area contributed by atoms with Crippen molar-refractivity contribution in [3.05, 3.63) is 24.2 Å². The molecule has 1 aromatic rings. The van der Waals surface area contributed by atoms with Crippen LogP contribution in [0.5, 0.6) is 0 Å². The van der Waals surface area contributed by atoms with Crippen molar-refractivity contribution in [1.29, 1.82) is 0 Å². The molecule has 1 amide bonds. The fourth-order valence-corrected chi connectivity index (χ4v) is 2.77. The summed E-state index contributed by atoms with van der Waals surface area (Å²) >= 11 is 0. The molecule has 0 N–H and O–H groups in total. The van der Waals surface area contributed by atoms with E-state index in [0.717, 1.165) is 12.8 Å². The molecule has 0 unspecified atom stereocenters. The molecule has 0 spiro atoms. The van der Waals surface area contributed by atoms with E-state index in [2.05, 4.69) is 0 Å². The van der Waals surface area contributed by atoms with Gasteiger partial charge in [-0.25, -0.2) is 4.79 Å². The minimum atomic E-state index is -0.495. The van der Waals surface area contributed by atoms with Crippen molar-refractivity contribution >= 4 is 11.9 Å². The van der Waals surface area contributed by atoms with Crippen molar-refractivity contribution in [2.24, 2.45) is 0 Å². The van der Waals surface area contributed by atoms with E-state index in [1.807, 2.05) is 32.7 Å². The fraction of sp³-hybridized carbons (Fsp3) is 0.647. The third-order valence-electron chi connectivity index (χ3n) is 3.74. The summed E-state index contributed by atoms with van der Waals surface area (Å²) in [4.78, 5) is 28.0. The summed E-state index contributed by atoms with van der Waals surface area (Å²) in [7, 11) is 1.88. The highest BCUT2D eigenvalue weighted by Crippen LogP contribution is 2.21.